The van der Waals surface area contributed by atoms with Crippen LogP contribution in [-0.4, -0.2) is 96.2 Å². The van der Waals surface area contributed by atoms with Crippen molar-refractivity contribution in [2.24, 2.45) is 5.73 Å². The Labute approximate surface area is 240 Å². The molecule has 0 aromatic heterocycles. The van der Waals surface area contributed by atoms with E-state index in [1.165, 1.54) is 27.7 Å². The highest BCUT2D eigenvalue weighted by molar-refractivity contribution is 5.96. The lowest BCUT2D eigenvalue weighted by Crippen LogP contribution is -2.57. The van der Waals surface area contributed by atoms with Crippen molar-refractivity contribution in [3.05, 3.63) is 0 Å². The summed E-state index contributed by atoms with van der Waals surface area (Å²) in [7, 11) is 1.64. The van der Waals surface area contributed by atoms with Crippen LogP contribution >= 0.6 is 0 Å². The number of amides is 5. The third-order valence-electron chi connectivity index (χ3n) is 6.36. The van der Waals surface area contributed by atoms with Gasteiger partial charge in [-0.25, -0.2) is 0 Å². The fourth-order valence-corrected chi connectivity index (χ4v) is 3.68. The summed E-state index contributed by atoms with van der Waals surface area (Å²) in [5.74, 6) is -4.52. The number of carbonyl (C=O) groups excluding carboxylic acids is 6. The summed E-state index contributed by atoms with van der Waals surface area (Å²) in [6.45, 7) is 7.65. The molecule has 0 aliphatic heterocycles. The van der Waals surface area contributed by atoms with Gasteiger partial charge in [0.25, 0.3) is 0 Å². The molecule has 0 aliphatic rings. The number of rotatable bonds is 20. The number of carbonyl (C=O) groups is 7. The van der Waals surface area contributed by atoms with Crippen LogP contribution in [0.4, 0.5) is 0 Å². The van der Waals surface area contributed by atoms with Crippen molar-refractivity contribution in [2.75, 3.05) is 13.6 Å². The molecule has 0 fully saturated rings. The molecule has 0 heterocycles. The van der Waals surface area contributed by atoms with Crippen LogP contribution in [0, 0.1) is 0 Å². The van der Waals surface area contributed by atoms with Crippen LogP contribution in [-0.2, 0) is 33.6 Å². The summed E-state index contributed by atoms with van der Waals surface area (Å²) in [5, 5.41) is 24.2. The topological polar surface area (TPSA) is 238 Å². The van der Waals surface area contributed by atoms with Gasteiger partial charge in [0.2, 0.25) is 29.5 Å². The summed E-state index contributed by atoms with van der Waals surface area (Å²) in [6, 6.07) is -5.62. The molecule has 0 radical (unpaired) electrons. The summed E-state index contributed by atoms with van der Waals surface area (Å²) in [4.78, 5) is 85.6. The first-order valence-electron chi connectivity index (χ1n) is 13.8. The second kappa shape index (κ2) is 19.5. The lowest BCUT2D eigenvalue weighted by atomic mass is 10.1. The molecular formula is C26H47N7O8. The zero-order chi connectivity index (χ0) is 31.7. The first kappa shape index (κ1) is 37.4. The number of hydrogen-bond acceptors (Lipinski definition) is 9. The smallest absolute Gasteiger partial charge is 0.303 e. The van der Waals surface area contributed by atoms with Crippen LogP contribution in [0.25, 0.3) is 0 Å². The van der Waals surface area contributed by atoms with E-state index in [2.05, 4.69) is 31.9 Å². The molecule has 0 spiro atoms. The van der Waals surface area contributed by atoms with E-state index in [1.54, 1.807) is 7.05 Å². The van der Waals surface area contributed by atoms with Gasteiger partial charge in [-0.3, -0.25) is 33.6 Å². The van der Waals surface area contributed by atoms with Crippen LogP contribution in [0.3, 0.4) is 0 Å². The van der Waals surface area contributed by atoms with E-state index < -0.39 is 71.6 Å². The molecule has 5 amide bonds. The molecule has 15 nitrogen and oxygen atoms in total. The van der Waals surface area contributed by atoms with Gasteiger partial charge in [0.05, 0.1) is 12.1 Å². The number of carboxylic acid groups (broad SMARTS) is 1. The average Bonchev–Trinajstić information content (AvgIpc) is 2.90. The minimum Gasteiger partial charge on any atom is -0.481 e. The molecule has 0 saturated carbocycles. The van der Waals surface area contributed by atoms with Crippen molar-refractivity contribution < 1.29 is 38.7 Å². The Morgan fingerprint density at radius 3 is 1.51 bits per heavy atom. The monoisotopic (exact) mass is 585 g/mol. The van der Waals surface area contributed by atoms with Crippen molar-refractivity contribution >= 4 is 41.3 Å². The van der Waals surface area contributed by atoms with E-state index >= 15 is 0 Å². The molecule has 6 unspecified atom stereocenters. The predicted molar refractivity (Wildman–Crippen MR) is 150 cm³/mol. The van der Waals surface area contributed by atoms with E-state index in [4.69, 9.17) is 10.8 Å². The van der Waals surface area contributed by atoms with Crippen LogP contribution in [0.1, 0.15) is 73.1 Å². The second-order valence-corrected chi connectivity index (χ2v) is 9.89. The minimum absolute atomic E-state index is 0.0978. The van der Waals surface area contributed by atoms with Crippen molar-refractivity contribution in [2.45, 2.75) is 109 Å². The Morgan fingerprint density at radius 1 is 0.659 bits per heavy atom. The molecule has 0 bridgehead atoms. The lowest BCUT2D eigenvalue weighted by molar-refractivity contribution is -0.138. The molecule has 15 heteroatoms. The maximum atomic E-state index is 12.9. The van der Waals surface area contributed by atoms with Crippen LogP contribution in [0.15, 0.2) is 0 Å². The van der Waals surface area contributed by atoms with Crippen LogP contribution < -0.4 is 37.6 Å². The Balaban J connectivity index is 5.06. The second-order valence-electron chi connectivity index (χ2n) is 9.89. The number of carboxylic acids is 1. The zero-order valence-electron chi connectivity index (χ0n) is 24.8. The Bertz CT molecular complexity index is 926. The van der Waals surface area contributed by atoms with E-state index in [9.17, 15) is 33.6 Å². The summed E-state index contributed by atoms with van der Waals surface area (Å²) >= 11 is 0. The Morgan fingerprint density at radius 2 is 1.10 bits per heavy atom. The third-order valence-corrected chi connectivity index (χ3v) is 6.36. The van der Waals surface area contributed by atoms with Crippen molar-refractivity contribution in [1.29, 1.82) is 0 Å². The number of unbranched alkanes of at least 4 members (excludes halogenated alkanes) is 1. The van der Waals surface area contributed by atoms with Crippen molar-refractivity contribution in [3.8, 4) is 0 Å². The molecule has 6 atom stereocenters. The first-order valence-corrected chi connectivity index (χ1v) is 13.8. The van der Waals surface area contributed by atoms with Gasteiger partial charge in [-0.2, -0.15) is 0 Å². The highest BCUT2D eigenvalue weighted by Gasteiger charge is 2.28. The fourth-order valence-electron chi connectivity index (χ4n) is 3.68. The van der Waals surface area contributed by atoms with Crippen molar-refractivity contribution in [3.63, 3.8) is 0 Å². The number of nitrogens with two attached hydrogens (primary N) is 1. The Hall–Kier alpha value is -3.59. The number of Topliss-reactive ketones (excluding diaryl/α,β-unsaturated/α-hetero) is 1. The number of ketones is 1. The van der Waals surface area contributed by atoms with Gasteiger partial charge in [-0.15, -0.1) is 0 Å². The van der Waals surface area contributed by atoms with E-state index in [1.807, 2.05) is 6.92 Å². The van der Waals surface area contributed by atoms with E-state index in [-0.39, 0.29) is 18.7 Å². The van der Waals surface area contributed by atoms with E-state index in [0.29, 0.717) is 32.2 Å². The molecule has 0 aliphatic carbocycles. The molecule has 0 aromatic rings. The normalized spacial score (nSPS) is 15.2. The number of likely N-dealkylation sites (N-methyl/N-ethyl adjacent to an activating group) is 1. The molecule has 234 valence electrons. The maximum absolute atomic E-state index is 12.9. The number of nitrogens with one attached hydrogen (secondary N) is 6. The van der Waals surface area contributed by atoms with Gasteiger partial charge in [-0.1, -0.05) is 6.92 Å². The summed E-state index contributed by atoms with van der Waals surface area (Å²) in [5.41, 5.74) is 5.54. The fraction of sp³-hybridized carbons (Fsp3) is 0.731. The lowest BCUT2D eigenvalue weighted by Gasteiger charge is -2.24. The molecule has 0 saturated heterocycles. The Kier molecular flexibility index (Phi) is 17.8. The van der Waals surface area contributed by atoms with Crippen LogP contribution in [0.2, 0.25) is 0 Å². The standard InChI is InChI=1S/C26H47N7O8/c1-7-18(28-6)25(40)33-20(10-8-9-13-27)26(41)31-15(3)23(38)29-14(2)22(37)30-16(4)24(39)32-19(17(5)34)11-12-21(35)36/h14-16,18-20,28H,7-13,27H2,1-6H3,(H,29,38)(H,30,37)(H,31,41)(H,32,39)(H,33,40)(H,35,36). The van der Waals surface area contributed by atoms with Gasteiger partial charge < -0.3 is 42.7 Å². The van der Waals surface area contributed by atoms with Gasteiger partial charge in [0.1, 0.15) is 24.2 Å². The SMILES string of the molecule is CCC(NC)C(=O)NC(CCCCN)C(=O)NC(C)C(=O)NC(C)C(=O)NC(C)C(=O)NC(CCC(=O)O)C(C)=O. The van der Waals surface area contributed by atoms with Crippen LogP contribution in [0.5, 0.6) is 0 Å². The summed E-state index contributed by atoms with van der Waals surface area (Å²) < 4.78 is 0. The first-order chi connectivity index (χ1) is 19.2. The maximum Gasteiger partial charge on any atom is 0.303 e. The van der Waals surface area contributed by atoms with Gasteiger partial charge in [0.15, 0.2) is 5.78 Å². The van der Waals surface area contributed by atoms with Crippen molar-refractivity contribution in [1.82, 2.24) is 31.9 Å². The average molecular weight is 586 g/mol. The van der Waals surface area contributed by atoms with Gasteiger partial charge >= 0.3 is 5.97 Å². The molecule has 0 aromatic carbocycles. The molecular weight excluding hydrogens is 538 g/mol. The quantitative estimate of drug-likeness (QED) is 0.0735. The highest BCUT2D eigenvalue weighted by atomic mass is 16.4. The molecule has 0 rings (SSSR count). The summed E-state index contributed by atoms with van der Waals surface area (Å²) in [6.07, 6.45) is 1.66. The number of aliphatic carboxylic acids is 1. The number of hydrogen-bond donors (Lipinski definition) is 8. The molecule has 9 N–H and O–H groups in total. The largest absolute Gasteiger partial charge is 0.481 e. The predicted octanol–water partition coefficient (Wildman–Crippen LogP) is -1.95. The van der Waals surface area contributed by atoms with Gasteiger partial charge in [0, 0.05) is 6.42 Å². The van der Waals surface area contributed by atoms with Gasteiger partial charge in [-0.05, 0) is 73.4 Å². The molecule has 41 heavy (non-hydrogen) atoms. The highest BCUT2D eigenvalue weighted by Crippen LogP contribution is 2.04. The zero-order valence-corrected chi connectivity index (χ0v) is 24.8. The van der Waals surface area contributed by atoms with E-state index in [0.717, 1.165) is 0 Å². The minimum atomic E-state index is -1.12. The third kappa shape index (κ3) is 14.6.